The molecule has 2 saturated heterocycles. The van der Waals surface area contributed by atoms with E-state index in [1.165, 1.54) is 24.2 Å². The molecule has 2 amide bonds. The van der Waals surface area contributed by atoms with Crippen molar-refractivity contribution >= 4 is 62.1 Å². The summed E-state index contributed by atoms with van der Waals surface area (Å²) < 4.78 is 7.48. The molecule has 1 aromatic heterocycles. The van der Waals surface area contributed by atoms with Crippen molar-refractivity contribution in [3.8, 4) is 0 Å². The molecule has 3 aliphatic rings. The van der Waals surface area contributed by atoms with Gasteiger partial charge in [-0.25, -0.2) is 0 Å². The van der Waals surface area contributed by atoms with Gasteiger partial charge in [-0.3, -0.25) is 14.5 Å². The third-order valence-electron chi connectivity index (χ3n) is 9.79. The average Bonchev–Trinajstić information content (AvgIpc) is 3.59. The zero-order valence-electron chi connectivity index (χ0n) is 25.7. The van der Waals surface area contributed by atoms with Crippen LogP contribution in [0.4, 0.5) is 5.69 Å². The topological polar surface area (TPSA) is 65.1 Å². The Bertz CT molecular complexity index is 1500. The molecule has 7 nitrogen and oxygen atoms in total. The summed E-state index contributed by atoms with van der Waals surface area (Å²) >= 11 is 14.9. The Morgan fingerprint density at radius 1 is 1.05 bits per heavy atom. The lowest BCUT2D eigenvalue weighted by Crippen LogP contribution is -2.61. The largest absolute Gasteiger partial charge is 0.376 e. The molecule has 2 aliphatic heterocycles. The number of hydrogen-bond acceptors (Lipinski definition) is 6. The van der Waals surface area contributed by atoms with Crippen molar-refractivity contribution < 1.29 is 14.3 Å². The number of rotatable bonds is 9. The molecule has 2 atom stereocenters. The van der Waals surface area contributed by atoms with E-state index in [0.717, 1.165) is 48.4 Å². The first-order chi connectivity index (χ1) is 21.2. The summed E-state index contributed by atoms with van der Waals surface area (Å²) in [7, 11) is 4.26. The summed E-state index contributed by atoms with van der Waals surface area (Å²) in [5.74, 6) is 0.555. The fourth-order valence-corrected chi connectivity index (χ4v) is 8.21. The van der Waals surface area contributed by atoms with Gasteiger partial charge < -0.3 is 19.9 Å². The van der Waals surface area contributed by atoms with Gasteiger partial charge in [0.1, 0.15) is 0 Å². The van der Waals surface area contributed by atoms with Crippen LogP contribution in [0.3, 0.4) is 0 Å². The van der Waals surface area contributed by atoms with Crippen LogP contribution in [0.5, 0.6) is 0 Å². The number of carbonyl (C=O) groups excluding carboxylic acids is 2. The molecule has 3 heterocycles. The zero-order chi connectivity index (χ0) is 31.0. The minimum absolute atomic E-state index is 0.0301. The molecule has 0 radical (unpaired) electrons. The Kier molecular flexibility index (Phi) is 9.86. The van der Waals surface area contributed by atoms with Gasteiger partial charge in [0.05, 0.1) is 41.4 Å². The lowest BCUT2D eigenvalue weighted by molar-refractivity contribution is -0.133. The first-order valence-corrected chi connectivity index (χ1v) is 17.4. The first-order valence-electron chi connectivity index (χ1n) is 15.7. The number of amides is 2. The molecule has 1 aliphatic carbocycles. The normalized spacial score (nSPS) is 24.6. The van der Waals surface area contributed by atoms with Crippen molar-refractivity contribution in [2.24, 2.45) is 5.92 Å². The maximum absolute atomic E-state index is 13.8. The number of benzene rings is 2. The molecule has 3 fully saturated rings. The van der Waals surface area contributed by atoms with Crippen molar-refractivity contribution in [2.75, 3.05) is 45.7 Å². The Hall–Kier alpha value is -2.20. The van der Waals surface area contributed by atoms with Crippen LogP contribution in [0, 0.1) is 5.92 Å². The summed E-state index contributed by atoms with van der Waals surface area (Å²) in [6.07, 6.45) is 5.97. The van der Waals surface area contributed by atoms with Crippen molar-refractivity contribution in [2.45, 2.75) is 69.7 Å². The molecule has 1 N–H and O–H groups in total. The van der Waals surface area contributed by atoms with E-state index < -0.39 is 0 Å². The van der Waals surface area contributed by atoms with Gasteiger partial charge in [0.25, 0.3) is 5.91 Å². The third kappa shape index (κ3) is 6.96. The van der Waals surface area contributed by atoms with E-state index in [-0.39, 0.29) is 30.4 Å². The van der Waals surface area contributed by atoms with Crippen LogP contribution in [-0.4, -0.2) is 91.1 Å². The molecule has 236 valence electrons. The summed E-state index contributed by atoms with van der Waals surface area (Å²) in [5, 5.41) is 6.42. The highest BCUT2D eigenvalue weighted by Gasteiger charge is 2.42. The lowest BCUT2D eigenvalue weighted by Gasteiger charge is -2.46. The molecule has 0 spiro atoms. The molecule has 44 heavy (non-hydrogen) atoms. The van der Waals surface area contributed by atoms with Crippen molar-refractivity contribution in [1.82, 2.24) is 14.7 Å². The number of nitrogens with one attached hydrogen (secondary N) is 1. The van der Waals surface area contributed by atoms with Gasteiger partial charge in [0, 0.05) is 52.2 Å². The number of likely N-dealkylation sites (N-methyl/N-ethyl adjacent to an activating group) is 1. The van der Waals surface area contributed by atoms with E-state index >= 15 is 0 Å². The van der Waals surface area contributed by atoms with Gasteiger partial charge in [-0.05, 0) is 75.9 Å². The highest BCUT2D eigenvalue weighted by molar-refractivity contribution is 7.17. The van der Waals surface area contributed by atoms with Gasteiger partial charge in [-0.15, -0.1) is 11.3 Å². The molecule has 2 unspecified atom stereocenters. The Balaban J connectivity index is 1.12. The van der Waals surface area contributed by atoms with Crippen LogP contribution in [0.25, 0.3) is 10.1 Å². The number of halogens is 2. The number of likely N-dealkylation sites (tertiary alicyclic amines) is 2. The molecule has 1 saturated carbocycles. The number of nitrogens with zero attached hydrogens (tertiary/aromatic N) is 3. The molecular formula is C34H42Cl2N4O3S. The summed E-state index contributed by atoms with van der Waals surface area (Å²) in [6, 6.07) is 12.1. The van der Waals surface area contributed by atoms with E-state index in [1.54, 1.807) is 12.1 Å². The van der Waals surface area contributed by atoms with Gasteiger partial charge in [0.2, 0.25) is 5.91 Å². The molecule has 10 heteroatoms. The van der Waals surface area contributed by atoms with E-state index in [2.05, 4.69) is 36.1 Å². The van der Waals surface area contributed by atoms with Crippen molar-refractivity contribution in [3.63, 3.8) is 0 Å². The molecular weight excluding hydrogens is 615 g/mol. The second-order valence-corrected chi connectivity index (χ2v) is 14.8. The SMILES string of the molecule is CC1CCC(OCC2CC(N3CC(N(C)C)C3)CN2C(=O)Cc2cc(Cl)c(NC(=O)c3csc4ccccc34)cc2Cl)CC1. The Morgan fingerprint density at radius 2 is 1.80 bits per heavy atom. The number of thiophene rings is 1. The first kappa shape index (κ1) is 31.8. The fourth-order valence-electron chi connectivity index (χ4n) is 6.80. The fraction of sp³-hybridized carbons (Fsp3) is 0.529. The predicted molar refractivity (Wildman–Crippen MR) is 180 cm³/mol. The predicted octanol–water partition coefficient (Wildman–Crippen LogP) is 6.81. The molecule has 6 rings (SSSR count). The number of anilines is 1. The monoisotopic (exact) mass is 656 g/mol. The minimum atomic E-state index is -0.245. The van der Waals surface area contributed by atoms with Crippen molar-refractivity contribution in [3.05, 3.63) is 63.0 Å². The number of ether oxygens (including phenoxy) is 1. The van der Waals surface area contributed by atoms with E-state index in [9.17, 15) is 9.59 Å². The summed E-state index contributed by atoms with van der Waals surface area (Å²) in [4.78, 5) is 33.7. The number of fused-ring (bicyclic) bond motifs is 1. The van der Waals surface area contributed by atoms with Gasteiger partial charge in [-0.1, -0.05) is 48.3 Å². The van der Waals surface area contributed by atoms with Gasteiger partial charge >= 0.3 is 0 Å². The van der Waals surface area contributed by atoms with E-state index in [0.29, 0.717) is 52.1 Å². The summed E-state index contributed by atoms with van der Waals surface area (Å²) in [5.41, 5.74) is 1.67. The van der Waals surface area contributed by atoms with Crippen LogP contribution in [0.2, 0.25) is 10.0 Å². The highest BCUT2D eigenvalue weighted by atomic mass is 35.5. The second kappa shape index (κ2) is 13.7. The lowest BCUT2D eigenvalue weighted by atomic mass is 9.89. The van der Waals surface area contributed by atoms with E-state index in [1.807, 2.05) is 34.5 Å². The Labute approximate surface area is 274 Å². The van der Waals surface area contributed by atoms with E-state index in [4.69, 9.17) is 27.9 Å². The zero-order valence-corrected chi connectivity index (χ0v) is 28.1. The summed E-state index contributed by atoms with van der Waals surface area (Å²) in [6.45, 7) is 5.65. The van der Waals surface area contributed by atoms with Crippen LogP contribution in [0.15, 0.2) is 41.8 Å². The molecule has 3 aromatic rings. The molecule has 0 bridgehead atoms. The third-order valence-corrected chi connectivity index (χ3v) is 11.4. The van der Waals surface area contributed by atoms with Gasteiger partial charge in [0.15, 0.2) is 0 Å². The van der Waals surface area contributed by atoms with Crippen LogP contribution >= 0.6 is 34.5 Å². The smallest absolute Gasteiger partial charge is 0.257 e. The maximum atomic E-state index is 13.8. The quantitative estimate of drug-likeness (QED) is 0.274. The highest BCUT2D eigenvalue weighted by Crippen LogP contribution is 2.34. The average molecular weight is 658 g/mol. The van der Waals surface area contributed by atoms with Crippen LogP contribution in [0.1, 0.15) is 54.9 Å². The maximum Gasteiger partial charge on any atom is 0.257 e. The van der Waals surface area contributed by atoms with Crippen LogP contribution in [-0.2, 0) is 16.0 Å². The van der Waals surface area contributed by atoms with Crippen LogP contribution < -0.4 is 5.32 Å². The Morgan fingerprint density at radius 3 is 2.55 bits per heavy atom. The van der Waals surface area contributed by atoms with Gasteiger partial charge in [-0.2, -0.15) is 0 Å². The minimum Gasteiger partial charge on any atom is -0.376 e. The number of hydrogen-bond donors (Lipinski definition) is 1. The number of carbonyl (C=O) groups is 2. The standard InChI is InChI=1S/C34H42Cl2N4O3S/c1-21-8-10-26(11-9-21)43-19-24-14-23(39-16-25(17-39)38(2)3)18-40(24)33(41)13-22-12-30(36)31(15-29(22)35)37-34(42)28-20-44-32-7-5-4-6-27(28)32/h4-7,12,15,20-21,23-26H,8-11,13-14,16-19H2,1-3H3,(H,37,42). The molecule has 2 aromatic carbocycles. The van der Waals surface area contributed by atoms with Crippen molar-refractivity contribution in [1.29, 1.82) is 0 Å². The second-order valence-electron chi connectivity index (χ2n) is 13.1.